The fraction of sp³-hybridized carbons (Fsp3) is 1.00. The van der Waals surface area contributed by atoms with Gasteiger partial charge in [0.25, 0.3) is 0 Å². The van der Waals surface area contributed by atoms with Gasteiger partial charge in [0.15, 0.2) is 0 Å². The number of hydrogen-bond acceptors (Lipinski definition) is 1. The Morgan fingerprint density at radius 2 is 2.11 bits per heavy atom. The third-order valence-corrected chi connectivity index (χ3v) is 2.66. The van der Waals surface area contributed by atoms with Crippen LogP contribution in [0, 0.1) is 0 Å². The molecule has 0 aromatic rings. The van der Waals surface area contributed by atoms with E-state index < -0.39 is 6.17 Å². The van der Waals surface area contributed by atoms with E-state index in [0.29, 0.717) is 19.3 Å². The molecule has 1 aliphatic rings. The minimum absolute atomic E-state index is 0.0266. The Hall–Kier alpha value is 0.370. The maximum atomic E-state index is 12.5. The molecule has 0 saturated heterocycles. The van der Waals surface area contributed by atoms with Crippen molar-refractivity contribution in [2.24, 2.45) is 0 Å². The van der Waals surface area contributed by atoms with Crippen molar-refractivity contribution in [2.45, 2.75) is 36.4 Å². The van der Waals surface area contributed by atoms with Gasteiger partial charge in [-0.05, 0) is 19.3 Å². The second kappa shape index (κ2) is 2.97. The molecule has 0 aliphatic heterocycles. The first-order chi connectivity index (χ1) is 4.20. The lowest BCUT2D eigenvalue weighted by molar-refractivity contribution is 0.103. The lowest BCUT2D eigenvalue weighted by atomic mass is 9.96. The average Bonchev–Trinajstić information content (AvgIpc) is 1.80. The second-order valence-electron chi connectivity index (χ2n) is 2.49. The zero-order chi connectivity index (χ0) is 6.85. The van der Waals surface area contributed by atoms with Gasteiger partial charge in [0.1, 0.15) is 6.17 Å². The molecule has 1 rings (SSSR count). The monoisotopic (exact) mass is 196 g/mol. The molecule has 54 valence electrons. The van der Waals surface area contributed by atoms with Crippen molar-refractivity contribution in [2.75, 3.05) is 0 Å². The number of aliphatic hydroxyl groups is 1. The SMILES string of the molecule is OC1CCC(F)CC1Br. The first kappa shape index (κ1) is 7.48. The third-order valence-electron chi connectivity index (χ3n) is 1.67. The Kier molecular flexibility index (Phi) is 2.47. The smallest absolute Gasteiger partial charge is 0.101 e. The summed E-state index contributed by atoms with van der Waals surface area (Å²) in [7, 11) is 0. The van der Waals surface area contributed by atoms with Gasteiger partial charge in [0, 0.05) is 4.83 Å². The van der Waals surface area contributed by atoms with E-state index in [-0.39, 0.29) is 10.9 Å². The summed E-state index contributed by atoms with van der Waals surface area (Å²) in [6.07, 6.45) is 0.524. The van der Waals surface area contributed by atoms with Crippen LogP contribution in [0.5, 0.6) is 0 Å². The van der Waals surface area contributed by atoms with Gasteiger partial charge in [-0.3, -0.25) is 0 Å². The van der Waals surface area contributed by atoms with E-state index in [9.17, 15) is 4.39 Å². The fourth-order valence-electron chi connectivity index (χ4n) is 1.05. The van der Waals surface area contributed by atoms with Crippen LogP contribution in [0.15, 0.2) is 0 Å². The molecular weight excluding hydrogens is 187 g/mol. The van der Waals surface area contributed by atoms with Crippen LogP contribution in [0.1, 0.15) is 19.3 Å². The van der Waals surface area contributed by atoms with Crippen molar-refractivity contribution >= 4 is 15.9 Å². The largest absolute Gasteiger partial charge is 0.392 e. The van der Waals surface area contributed by atoms with Gasteiger partial charge < -0.3 is 5.11 Å². The molecular formula is C6H10BrFO. The molecule has 0 bridgehead atoms. The van der Waals surface area contributed by atoms with Crippen molar-refractivity contribution in [3.63, 3.8) is 0 Å². The molecule has 1 fully saturated rings. The van der Waals surface area contributed by atoms with Crippen molar-refractivity contribution in [1.29, 1.82) is 0 Å². The maximum absolute atomic E-state index is 12.5. The highest BCUT2D eigenvalue weighted by Crippen LogP contribution is 2.26. The van der Waals surface area contributed by atoms with Crippen LogP contribution < -0.4 is 0 Å². The lowest BCUT2D eigenvalue weighted by Crippen LogP contribution is -2.29. The molecule has 3 unspecified atom stereocenters. The molecule has 0 spiro atoms. The summed E-state index contributed by atoms with van der Waals surface area (Å²) >= 11 is 3.20. The van der Waals surface area contributed by atoms with Crippen molar-refractivity contribution < 1.29 is 9.50 Å². The first-order valence-electron chi connectivity index (χ1n) is 3.16. The Balaban J connectivity index is 2.35. The lowest BCUT2D eigenvalue weighted by Gasteiger charge is -2.24. The minimum atomic E-state index is -0.710. The summed E-state index contributed by atoms with van der Waals surface area (Å²) in [5.74, 6) is 0. The van der Waals surface area contributed by atoms with Crippen LogP contribution in [-0.2, 0) is 0 Å². The normalized spacial score (nSPS) is 45.0. The van der Waals surface area contributed by atoms with E-state index in [0.717, 1.165) is 0 Å². The van der Waals surface area contributed by atoms with Crippen molar-refractivity contribution in [3.8, 4) is 0 Å². The number of aliphatic hydroxyl groups excluding tert-OH is 1. The van der Waals surface area contributed by atoms with Gasteiger partial charge in [-0.15, -0.1) is 0 Å². The summed E-state index contributed by atoms with van der Waals surface area (Å²) in [6.45, 7) is 0. The summed E-state index contributed by atoms with van der Waals surface area (Å²) < 4.78 is 12.5. The van der Waals surface area contributed by atoms with E-state index in [1.54, 1.807) is 0 Å². The summed E-state index contributed by atoms with van der Waals surface area (Å²) in [4.78, 5) is -0.0266. The molecule has 0 aromatic carbocycles. The number of rotatable bonds is 0. The molecule has 1 N–H and O–H groups in total. The van der Waals surface area contributed by atoms with Crippen LogP contribution in [0.25, 0.3) is 0 Å². The highest BCUT2D eigenvalue weighted by atomic mass is 79.9. The zero-order valence-electron chi connectivity index (χ0n) is 5.06. The third kappa shape index (κ3) is 1.90. The van der Waals surface area contributed by atoms with Gasteiger partial charge in [-0.2, -0.15) is 0 Å². The predicted molar refractivity (Wildman–Crippen MR) is 37.5 cm³/mol. The first-order valence-corrected chi connectivity index (χ1v) is 4.08. The van der Waals surface area contributed by atoms with E-state index in [1.165, 1.54) is 0 Å². The second-order valence-corrected chi connectivity index (χ2v) is 3.67. The number of hydrogen-bond donors (Lipinski definition) is 1. The van der Waals surface area contributed by atoms with Crippen LogP contribution in [0.4, 0.5) is 4.39 Å². The topological polar surface area (TPSA) is 20.2 Å². The molecule has 0 amide bonds. The van der Waals surface area contributed by atoms with Gasteiger partial charge >= 0.3 is 0 Å². The van der Waals surface area contributed by atoms with Crippen LogP contribution >= 0.6 is 15.9 Å². The summed E-state index contributed by atoms with van der Waals surface area (Å²) in [6, 6.07) is 0. The molecule has 1 aliphatic carbocycles. The fourth-order valence-corrected chi connectivity index (χ4v) is 1.72. The molecule has 3 atom stereocenters. The summed E-state index contributed by atoms with van der Waals surface area (Å²) in [5.41, 5.74) is 0. The molecule has 0 radical (unpaired) electrons. The molecule has 1 nitrogen and oxygen atoms in total. The highest BCUT2D eigenvalue weighted by molar-refractivity contribution is 9.09. The molecule has 0 aromatic heterocycles. The minimum Gasteiger partial charge on any atom is -0.392 e. The van der Waals surface area contributed by atoms with E-state index in [4.69, 9.17) is 5.11 Å². The zero-order valence-corrected chi connectivity index (χ0v) is 6.64. The maximum Gasteiger partial charge on any atom is 0.101 e. The van der Waals surface area contributed by atoms with Crippen LogP contribution in [0.3, 0.4) is 0 Å². The van der Waals surface area contributed by atoms with Crippen molar-refractivity contribution in [1.82, 2.24) is 0 Å². The van der Waals surface area contributed by atoms with Crippen LogP contribution in [0.2, 0.25) is 0 Å². The van der Waals surface area contributed by atoms with Crippen molar-refractivity contribution in [3.05, 3.63) is 0 Å². The standard InChI is InChI=1S/C6H10BrFO/c7-5-3-4(8)1-2-6(5)9/h4-6,9H,1-3H2. The number of halogens is 2. The summed E-state index contributed by atoms with van der Waals surface area (Å²) in [5, 5.41) is 9.08. The molecule has 3 heteroatoms. The van der Waals surface area contributed by atoms with Gasteiger partial charge in [0.05, 0.1) is 6.10 Å². The molecule has 9 heavy (non-hydrogen) atoms. The van der Waals surface area contributed by atoms with Crippen LogP contribution in [-0.4, -0.2) is 22.2 Å². The highest BCUT2D eigenvalue weighted by Gasteiger charge is 2.26. The van der Waals surface area contributed by atoms with E-state index in [1.807, 2.05) is 0 Å². The Morgan fingerprint density at radius 1 is 1.44 bits per heavy atom. The average molecular weight is 197 g/mol. The Bertz CT molecular complexity index is 99.1. The quantitative estimate of drug-likeness (QED) is 0.585. The predicted octanol–water partition coefficient (Wildman–Crippen LogP) is 1.63. The van der Waals surface area contributed by atoms with E-state index in [2.05, 4.69) is 15.9 Å². The molecule has 1 saturated carbocycles. The van der Waals surface area contributed by atoms with Gasteiger partial charge in [-0.25, -0.2) is 4.39 Å². The molecule has 0 heterocycles. The van der Waals surface area contributed by atoms with E-state index >= 15 is 0 Å². The number of alkyl halides is 2. The Morgan fingerprint density at radius 3 is 2.56 bits per heavy atom. The Labute approximate surface area is 62.4 Å². The van der Waals surface area contributed by atoms with Gasteiger partial charge in [0.2, 0.25) is 0 Å². The van der Waals surface area contributed by atoms with Gasteiger partial charge in [-0.1, -0.05) is 15.9 Å².